The lowest BCUT2D eigenvalue weighted by molar-refractivity contribution is 0.103. The van der Waals surface area contributed by atoms with Crippen LogP contribution in [0.1, 0.15) is 15.9 Å². The van der Waals surface area contributed by atoms with Gasteiger partial charge in [-0.05, 0) is 36.4 Å². The summed E-state index contributed by atoms with van der Waals surface area (Å²) >= 11 is 3.26. The number of rotatable bonds is 3. The molecule has 0 aliphatic heterocycles. The van der Waals surface area contributed by atoms with Crippen molar-refractivity contribution < 1.29 is 13.9 Å². The number of carbonyl (C=O) groups excluding carboxylic acids is 1. The van der Waals surface area contributed by atoms with E-state index in [-0.39, 0.29) is 17.1 Å². The number of hydrogen-bond donors (Lipinski definition) is 1. The molecule has 0 saturated heterocycles. The van der Waals surface area contributed by atoms with E-state index in [0.717, 1.165) is 6.07 Å². The normalized spacial score (nSPS) is 10.3. The summed E-state index contributed by atoms with van der Waals surface area (Å²) in [6.07, 6.45) is 0. The van der Waals surface area contributed by atoms with E-state index in [4.69, 9.17) is 10.5 Å². The average Bonchev–Trinajstić information content (AvgIpc) is 2.36. The number of hydrogen-bond acceptors (Lipinski definition) is 3. The fourth-order valence-electron chi connectivity index (χ4n) is 1.72. The van der Waals surface area contributed by atoms with E-state index in [0.29, 0.717) is 15.7 Å². The minimum atomic E-state index is -0.573. The Labute approximate surface area is 118 Å². The smallest absolute Gasteiger partial charge is 0.193 e. The predicted octanol–water partition coefficient (Wildman–Crippen LogP) is 3.41. The van der Waals surface area contributed by atoms with Crippen molar-refractivity contribution in [1.82, 2.24) is 0 Å². The molecule has 0 heterocycles. The van der Waals surface area contributed by atoms with Crippen LogP contribution < -0.4 is 10.5 Å². The molecule has 0 radical (unpaired) electrons. The molecular weight excluding hydrogens is 313 g/mol. The first-order valence-corrected chi connectivity index (χ1v) is 6.25. The molecule has 2 aromatic carbocycles. The van der Waals surface area contributed by atoms with E-state index >= 15 is 0 Å². The lowest BCUT2D eigenvalue weighted by Crippen LogP contribution is -2.03. The van der Waals surface area contributed by atoms with Crippen LogP contribution in [-0.4, -0.2) is 12.9 Å². The Bertz CT molecular complexity index is 623. The Balaban J connectivity index is 2.41. The van der Waals surface area contributed by atoms with Crippen LogP contribution in [0.25, 0.3) is 0 Å². The summed E-state index contributed by atoms with van der Waals surface area (Å²) < 4.78 is 19.1. The molecule has 0 bridgehead atoms. The number of methoxy groups -OCH3 is 1. The molecular formula is C14H11BrFNO2. The average molecular weight is 324 g/mol. The van der Waals surface area contributed by atoms with E-state index in [1.807, 2.05) is 0 Å². The number of carbonyl (C=O) groups is 1. The van der Waals surface area contributed by atoms with E-state index in [2.05, 4.69) is 15.9 Å². The molecule has 0 saturated carbocycles. The topological polar surface area (TPSA) is 52.3 Å². The summed E-state index contributed by atoms with van der Waals surface area (Å²) in [6.45, 7) is 0. The van der Waals surface area contributed by atoms with Gasteiger partial charge in [0.2, 0.25) is 0 Å². The molecule has 0 fully saturated rings. The lowest BCUT2D eigenvalue weighted by atomic mass is 10.0. The van der Waals surface area contributed by atoms with Gasteiger partial charge in [0, 0.05) is 21.3 Å². The van der Waals surface area contributed by atoms with Crippen molar-refractivity contribution in [1.29, 1.82) is 0 Å². The van der Waals surface area contributed by atoms with Crippen LogP contribution in [-0.2, 0) is 0 Å². The molecule has 19 heavy (non-hydrogen) atoms. The summed E-state index contributed by atoms with van der Waals surface area (Å²) in [5, 5.41) is 0. The number of nitrogens with two attached hydrogens (primary N) is 1. The van der Waals surface area contributed by atoms with Crippen molar-refractivity contribution >= 4 is 27.4 Å². The summed E-state index contributed by atoms with van der Waals surface area (Å²) in [5.74, 6) is -0.767. The molecule has 0 aromatic heterocycles. The highest BCUT2D eigenvalue weighted by atomic mass is 79.9. The number of ketones is 1. The maximum Gasteiger partial charge on any atom is 0.193 e. The maximum atomic E-state index is 13.6. The maximum absolute atomic E-state index is 13.6. The van der Waals surface area contributed by atoms with Crippen LogP contribution in [0.3, 0.4) is 0 Å². The van der Waals surface area contributed by atoms with E-state index in [9.17, 15) is 9.18 Å². The number of nitrogen functional groups attached to an aromatic ring is 1. The van der Waals surface area contributed by atoms with Crippen molar-refractivity contribution in [2.45, 2.75) is 0 Å². The SMILES string of the molecule is COc1ccc(C(=O)c2cc(N)cc(Br)c2)cc1F. The molecule has 0 amide bonds. The van der Waals surface area contributed by atoms with Gasteiger partial charge in [-0.25, -0.2) is 4.39 Å². The highest BCUT2D eigenvalue weighted by Crippen LogP contribution is 2.22. The van der Waals surface area contributed by atoms with Crippen molar-refractivity contribution in [3.05, 3.63) is 57.8 Å². The molecule has 0 spiro atoms. The van der Waals surface area contributed by atoms with Crippen molar-refractivity contribution in [3.63, 3.8) is 0 Å². The van der Waals surface area contributed by atoms with Gasteiger partial charge in [0.05, 0.1) is 7.11 Å². The Hall–Kier alpha value is -1.88. The zero-order valence-electron chi connectivity index (χ0n) is 10.1. The Morgan fingerprint density at radius 1 is 1.21 bits per heavy atom. The first kappa shape index (κ1) is 13.5. The Morgan fingerprint density at radius 3 is 2.53 bits per heavy atom. The second kappa shape index (κ2) is 5.40. The number of ether oxygens (including phenoxy) is 1. The van der Waals surface area contributed by atoms with Crippen molar-refractivity contribution in [2.75, 3.05) is 12.8 Å². The van der Waals surface area contributed by atoms with Gasteiger partial charge in [-0.2, -0.15) is 0 Å². The van der Waals surface area contributed by atoms with Gasteiger partial charge in [0.1, 0.15) is 0 Å². The fourth-order valence-corrected chi connectivity index (χ4v) is 2.23. The minimum absolute atomic E-state index is 0.102. The molecule has 3 nitrogen and oxygen atoms in total. The highest BCUT2D eigenvalue weighted by Gasteiger charge is 2.13. The van der Waals surface area contributed by atoms with Crippen molar-refractivity contribution in [2.24, 2.45) is 0 Å². The quantitative estimate of drug-likeness (QED) is 0.695. The third-order valence-corrected chi connectivity index (χ3v) is 3.05. The first-order chi connectivity index (χ1) is 9.01. The molecule has 2 N–H and O–H groups in total. The Morgan fingerprint density at radius 2 is 1.95 bits per heavy atom. The highest BCUT2D eigenvalue weighted by molar-refractivity contribution is 9.10. The van der Waals surface area contributed by atoms with Crippen LogP contribution in [0.5, 0.6) is 5.75 Å². The van der Waals surface area contributed by atoms with Gasteiger partial charge >= 0.3 is 0 Å². The van der Waals surface area contributed by atoms with E-state index in [1.54, 1.807) is 18.2 Å². The second-order valence-electron chi connectivity index (χ2n) is 3.95. The van der Waals surface area contributed by atoms with Crippen LogP contribution in [0.2, 0.25) is 0 Å². The van der Waals surface area contributed by atoms with E-state index in [1.165, 1.54) is 19.2 Å². The van der Waals surface area contributed by atoms with Crippen LogP contribution in [0.15, 0.2) is 40.9 Å². The fraction of sp³-hybridized carbons (Fsp3) is 0.0714. The molecule has 0 atom stereocenters. The molecule has 2 rings (SSSR count). The minimum Gasteiger partial charge on any atom is -0.494 e. The van der Waals surface area contributed by atoms with Gasteiger partial charge < -0.3 is 10.5 Å². The number of benzene rings is 2. The first-order valence-electron chi connectivity index (χ1n) is 5.45. The van der Waals surface area contributed by atoms with Gasteiger partial charge in [0.25, 0.3) is 0 Å². The van der Waals surface area contributed by atoms with Crippen LogP contribution in [0.4, 0.5) is 10.1 Å². The zero-order chi connectivity index (χ0) is 14.0. The van der Waals surface area contributed by atoms with Gasteiger partial charge in [-0.15, -0.1) is 0 Å². The molecule has 5 heteroatoms. The standard InChI is InChI=1S/C14H11BrFNO2/c1-19-13-3-2-8(6-12(13)16)14(18)9-4-10(15)7-11(17)5-9/h2-7H,17H2,1H3. The number of halogens is 2. The third-order valence-electron chi connectivity index (χ3n) is 2.60. The summed E-state index contributed by atoms with van der Waals surface area (Å²) in [7, 11) is 1.37. The Kier molecular flexibility index (Phi) is 3.85. The van der Waals surface area contributed by atoms with Crippen LogP contribution >= 0.6 is 15.9 Å². The summed E-state index contributed by atoms with van der Waals surface area (Å²) in [5.41, 5.74) is 6.78. The van der Waals surface area contributed by atoms with E-state index < -0.39 is 5.82 Å². The third kappa shape index (κ3) is 2.93. The summed E-state index contributed by atoms with van der Waals surface area (Å²) in [6, 6.07) is 8.96. The number of anilines is 1. The van der Waals surface area contributed by atoms with Crippen LogP contribution in [0, 0.1) is 5.82 Å². The largest absolute Gasteiger partial charge is 0.494 e. The zero-order valence-corrected chi connectivity index (χ0v) is 11.7. The molecule has 0 aliphatic carbocycles. The van der Waals surface area contributed by atoms with Gasteiger partial charge in [-0.3, -0.25) is 4.79 Å². The predicted molar refractivity (Wildman–Crippen MR) is 74.9 cm³/mol. The molecule has 2 aromatic rings. The van der Waals surface area contributed by atoms with Gasteiger partial charge in [0.15, 0.2) is 17.3 Å². The van der Waals surface area contributed by atoms with Crippen molar-refractivity contribution in [3.8, 4) is 5.75 Å². The molecule has 0 aliphatic rings. The van der Waals surface area contributed by atoms with Gasteiger partial charge in [-0.1, -0.05) is 15.9 Å². The molecule has 98 valence electrons. The monoisotopic (exact) mass is 323 g/mol. The summed E-state index contributed by atoms with van der Waals surface area (Å²) in [4.78, 5) is 12.2. The molecule has 0 unspecified atom stereocenters. The second-order valence-corrected chi connectivity index (χ2v) is 4.87. The lowest BCUT2D eigenvalue weighted by Gasteiger charge is -2.06.